The van der Waals surface area contributed by atoms with Gasteiger partial charge in [-0.05, 0) is 19.3 Å². The molecule has 1 aliphatic rings. The summed E-state index contributed by atoms with van der Waals surface area (Å²) in [6.07, 6.45) is 12.8. The fraction of sp³-hybridized carbons (Fsp3) is 0.429. The van der Waals surface area contributed by atoms with Gasteiger partial charge in [0.15, 0.2) is 0 Å². The third kappa shape index (κ3) is 2.54. The van der Waals surface area contributed by atoms with E-state index in [1.54, 1.807) is 6.20 Å². The van der Waals surface area contributed by atoms with Gasteiger partial charge in [0, 0.05) is 37.5 Å². The summed E-state index contributed by atoms with van der Waals surface area (Å²) in [5, 5.41) is 7.18. The molecule has 1 amide bonds. The first-order valence-electron chi connectivity index (χ1n) is 6.76. The molecule has 0 aromatic carbocycles. The van der Waals surface area contributed by atoms with Gasteiger partial charge < -0.3 is 9.88 Å². The normalized spacial score (nSPS) is 18.8. The van der Waals surface area contributed by atoms with Gasteiger partial charge in [0.2, 0.25) is 5.91 Å². The average molecular weight is 258 g/mol. The minimum atomic E-state index is 0.157. The number of rotatable bonds is 4. The molecule has 0 radical (unpaired) electrons. The van der Waals surface area contributed by atoms with E-state index in [9.17, 15) is 4.79 Å². The number of fused-ring (bicyclic) bond motifs is 1. The van der Waals surface area contributed by atoms with Crippen molar-refractivity contribution in [3.05, 3.63) is 36.8 Å². The summed E-state index contributed by atoms with van der Waals surface area (Å²) >= 11 is 0. The molecule has 0 aliphatic heterocycles. The quantitative estimate of drug-likeness (QED) is 0.847. The molecule has 0 saturated heterocycles. The first-order valence-corrected chi connectivity index (χ1v) is 6.76. The van der Waals surface area contributed by atoms with Gasteiger partial charge in [0.25, 0.3) is 0 Å². The van der Waals surface area contributed by atoms with Crippen LogP contribution in [0.5, 0.6) is 0 Å². The van der Waals surface area contributed by atoms with E-state index < -0.39 is 0 Å². The van der Waals surface area contributed by atoms with E-state index in [4.69, 9.17) is 0 Å². The van der Waals surface area contributed by atoms with Crippen molar-refractivity contribution < 1.29 is 4.79 Å². The molecular formula is C14H18N4O. The zero-order chi connectivity index (χ0) is 13.1. The summed E-state index contributed by atoms with van der Waals surface area (Å²) in [7, 11) is 0. The molecule has 1 atom stereocenters. The molecule has 0 unspecified atom stereocenters. The van der Waals surface area contributed by atoms with Crippen LogP contribution in [0.25, 0.3) is 5.65 Å². The fourth-order valence-corrected chi connectivity index (χ4v) is 2.53. The Kier molecular flexibility index (Phi) is 3.35. The highest BCUT2D eigenvalue weighted by Crippen LogP contribution is 2.17. The highest BCUT2D eigenvalue weighted by Gasteiger charge is 2.17. The molecule has 0 spiro atoms. The van der Waals surface area contributed by atoms with Crippen molar-refractivity contribution in [1.82, 2.24) is 19.5 Å². The molecule has 0 saturated carbocycles. The average Bonchev–Trinajstić information content (AvgIpc) is 3.04. The number of nitrogens with zero attached hydrogens (tertiary/aromatic N) is 3. The molecule has 5 heteroatoms. The molecule has 2 aromatic rings. The first kappa shape index (κ1) is 12.0. The van der Waals surface area contributed by atoms with Crippen molar-refractivity contribution in [3.8, 4) is 0 Å². The Morgan fingerprint density at radius 1 is 1.42 bits per heavy atom. The van der Waals surface area contributed by atoms with Gasteiger partial charge in [-0.3, -0.25) is 4.79 Å². The third-order valence-corrected chi connectivity index (χ3v) is 3.62. The number of nitrogens with one attached hydrogen (secondary N) is 1. The summed E-state index contributed by atoms with van der Waals surface area (Å²) in [5.74, 6) is 0.339. The molecule has 2 aromatic heterocycles. The Bertz CT molecular complexity index is 595. The fourth-order valence-electron chi connectivity index (χ4n) is 2.53. The summed E-state index contributed by atoms with van der Waals surface area (Å²) in [5.41, 5.74) is 1.05. The van der Waals surface area contributed by atoms with E-state index in [0.29, 0.717) is 6.54 Å². The number of amides is 1. The number of hydrogen-bond donors (Lipinski definition) is 1. The number of allylic oxidation sites excluding steroid dienone is 2. The van der Waals surface area contributed by atoms with Crippen LogP contribution in [0.2, 0.25) is 0 Å². The standard InChI is InChI=1S/C14H18N4O/c19-14(12-4-2-1-3-5-12)15-8-9-17-10-11-18-13(17)6-7-16-18/h1-2,6-7,10-12H,3-5,8-9H2,(H,15,19)/t12-/m0/s1. The minimum absolute atomic E-state index is 0.157. The lowest BCUT2D eigenvalue weighted by molar-refractivity contribution is -0.125. The molecule has 100 valence electrons. The molecule has 3 rings (SSSR count). The van der Waals surface area contributed by atoms with E-state index in [2.05, 4.69) is 27.1 Å². The monoisotopic (exact) mass is 258 g/mol. The predicted molar refractivity (Wildman–Crippen MR) is 72.7 cm³/mol. The lowest BCUT2D eigenvalue weighted by Gasteiger charge is -2.17. The molecule has 2 heterocycles. The van der Waals surface area contributed by atoms with E-state index >= 15 is 0 Å². The number of imidazole rings is 1. The van der Waals surface area contributed by atoms with Gasteiger partial charge in [0.05, 0.1) is 6.20 Å². The van der Waals surface area contributed by atoms with Crippen molar-refractivity contribution in [2.75, 3.05) is 6.54 Å². The van der Waals surface area contributed by atoms with Gasteiger partial charge in [-0.2, -0.15) is 5.10 Å². The first-order chi connectivity index (χ1) is 9.34. The van der Waals surface area contributed by atoms with Crippen LogP contribution in [0.1, 0.15) is 19.3 Å². The molecule has 0 bridgehead atoms. The maximum Gasteiger partial charge on any atom is 0.223 e. The summed E-state index contributed by atoms with van der Waals surface area (Å²) in [6.45, 7) is 1.44. The number of carbonyl (C=O) groups excluding carboxylic acids is 1. The zero-order valence-corrected chi connectivity index (χ0v) is 10.8. The second kappa shape index (κ2) is 5.30. The highest BCUT2D eigenvalue weighted by atomic mass is 16.1. The summed E-state index contributed by atoms with van der Waals surface area (Å²) in [6, 6.07) is 1.97. The molecule has 19 heavy (non-hydrogen) atoms. The van der Waals surface area contributed by atoms with Crippen molar-refractivity contribution in [1.29, 1.82) is 0 Å². The van der Waals surface area contributed by atoms with E-state index in [1.807, 2.05) is 23.0 Å². The lowest BCUT2D eigenvalue weighted by atomic mass is 9.94. The second-order valence-electron chi connectivity index (χ2n) is 4.90. The van der Waals surface area contributed by atoms with Crippen LogP contribution in [0, 0.1) is 5.92 Å². The van der Waals surface area contributed by atoms with E-state index in [1.165, 1.54) is 0 Å². The SMILES string of the molecule is O=C(NCCn1ccn2nccc12)[C@H]1CC=CCC1. The Hall–Kier alpha value is -2.04. The van der Waals surface area contributed by atoms with Crippen molar-refractivity contribution in [3.63, 3.8) is 0 Å². The van der Waals surface area contributed by atoms with Gasteiger partial charge in [-0.25, -0.2) is 4.52 Å². The summed E-state index contributed by atoms with van der Waals surface area (Å²) < 4.78 is 3.92. The maximum absolute atomic E-state index is 12.0. The molecular weight excluding hydrogens is 240 g/mol. The van der Waals surface area contributed by atoms with Crippen molar-refractivity contribution >= 4 is 11.6 Å². The molecule has 0 fully saturated rings. The van der Waals surface area contributed by atoms with Crippen LogP contribution in [0.3, 0.4) is 0 Å². The predicted octanol–water partition coefficient (Wildman–Crippen LogP) is 1.61. The lowest BCUT2D eigenvalue weighted by Crippen LogP contribution is -2.33. The topological polar surface area (TPSA) is 51.3 Å². The summed E-state index contributed by atoms with van der Waals surface area (Å²) in [4.78, 5) is 12.0. The largest absolute Gasteiger partial charge is 0.354 e. The van der Waals surface area contributed by atoms with Gasteiger partial charge >= 0.3 is 0 Å². The Morgan fingerprint density at radius 2 is 2.37 bits per heavy atom. The Labute approximate surface area is 111 Å². The van der Waals surface area contributed by atoms with Crippen molar-refractivity contribution in [2.24, 2.45) is 5.92 Å². The highest BCUT2D eigenvalue weighted by molar-refractivity contribution is 5.78. The molecule has 5 nitrogen and oxygen atoms in total. The van der Waals surface area contributed by atoms with Crippen LogP contribution in [0.15, 0.2) is 36.8 Å². The third-order valence-electron chi connectivity index (χ3n) is 3.62. The van der Waals surface area contributed by atoms with E-state index in [-0.39, 0.29) is 11.8 Å². The second-order valence-corrected chi connectivity index (χ2v) is 4.90. The van der Waals surface area contributed by atoms with Crippen LogP contribution in [-0.2, 0) is 11.3 Å². The van der Waals surface area contributed by atoms with Crippen LogP contribution < -0.4 is 5.32 Å². The maximum atomic E-state index is 12.0. The van der Waals surface area contributed by atoms with Crippen LogP contribution in [-0.4, -0.2) is 26.6 Å². The smallest absolute Gasteiger partial charge is 0.223 e. The molecule has 1 N–H and O–H groups in total. The zero-order valence-electron chi connectivity index (χ0n) is 10.8. The van der Waals surface area contributed by atoms with Gasteiger partial charge in [0.1, 0.15) is 5.65 Å². The number of hydrogen-bond acceptors (Lipinski definition) is 2. The van der Waals surface area contributed by atoms with Crippen LogP contribution >= 0.6 is 0 Å². The van der Waals surface area contributed by atoms with E-state index in [0.717, 1.165) is 31.5 Å². The van der Waals surface area contributed by atoms with Gasteiger partial charge in [-0.1, -0.05) is 12.2 Å². The van der Waals surface area contributed by atoms with Gasteiger partial charge in [-0.15, -0.1) is 0 Å². The minimum Gasteiger partial charge on any atom is -0.354 e. The van der Waals surface area contributed by atoms with Crippen molar-refractivity contribution in [2.45, 2.75) is 25.8 Å². The molecule has 1 aliphatic carbocycles. The van der Waals surface area contributed by atoms with Crippen LogP contribution in [0.4, 0.5) is 0 Å². The Balaban J connectivity index is 1.51. The Morgan fingerprint density at radius 3 is 3.21 bits per heavy atom. The number of carbonyl (C=O) groups is 1. The number of aromatic nitrogens is 3.